The number of nitriles is 1. The number of hydrogen-bond acceptors (Lipinski definition) is 6. The summed E-state index contributed by atoms with van der Waals surface area (Å²) in [6.07, 6.45) is 7.44. The van der Waals surface area contributed by atoms with Crippen LogP contribution in [0, 0.1) is 17.1 Å². The molecule has 0 radical (unpaired) electrons. The molecule has 0 spiro atoms. The largest absolute Gasteiger partial charge is 0.366 e. The summed E-state index contributed by atoms with van der Waals surface area (Å²) in [6.45, 7) is 1.62. The Labute approximate surface area is 178 Å². The first-order chi connectivity index (χ1) is 15.1. The molecule has 1 N–H and O–H groups in total. The first-order valence-electron chi connectivity index (χ1n) is 9.94. The monoisotopic (exact) mass is 415 g/mol. The fraction of sp³-hybridized carbons (Fsp3) is 0.227. The van der Waals surface area contributed by atoms with Crippen molar-refractivity contribution in [2.24, 2.45) is 0 Å². The average molecular weight is 415 g/mol. The molecule has 1 fully saturated rings. The SMILES string of the molecule is N#Cc1cncc(-c2ccc3c(n2)N(C(=O)Nc2cncc(F)c2)[C@H]2CCCN3C2)c1. The predicted molar refractivity (Wildman–Crippen MR) is 113 cm³/mol. The molecular weight excluding hydrogens is 397 g/mol. The van der Waals surface area contributed by atoms with E-state index >= 15 is 0 Å². The van der Waals surface area contributed by atoms with Crippen LogP contribution in [0.15, 0.2) is 49.1 Å². The lowest BCUT2D eigenvalue weighted by atomic mass is 9.99. The third-order valence-electron chi connectivity index (χ3n) is 5.52. The highest BCUT2D eigenvalue weighted by Gasteiger charge is 2.38. The lowest BCUT2D eigenvalue weighted by Gasteiger charge is -2.45. The van der Waals surface area contributed by atoms with Gasteiger partial charge in [0, 0.05) is 37.1 Å². The molecule has 1 saturated heterocycles. The van der Waals surface area contributed by atoms with E-state index < -0.39 is 5.82 Å². The molecule has 0 aromatic carbocycles. The van der Waals surface area contributed by atoms with E-state index in [4.69, 9.17) is 4.98 Å². The molecular formula is C22H18FN7O. The summed E-state index contributed by atoms with van der Waals surface area (Å²) in [5, 5.41) is 11.9. The van der Waals surface area contributed by atoms with Crippen LogP contribution in [-0.4, -0.2) is 40.1 Å². The van der Waals surface area contributed by atoms with Crippen LogP contribution in [0.2, 0.25) is 0 Å². The van der Waals surface area contributed by atoms with Gasteiger partial charge in [-0.25, -0.2) is 14.2 Å². The van der Waals surface area contributed by atoms with Crippen LogP contribution < -0.4 is 15.1 Å². The zero-order valence-electron chi connectivity index (χ0n) is 16.5. The van der Waals surface area contributed by atoms with E-state index in [9.17, 15) is 14.4 Å². The van der Waals surface area contributed by atoms with E-state index in [2.05, 4.69) is 26.3 Å². The van der Waals surface area contributed by atoms with Crippen molar-refractivity contribution in [3.8, 4) is 17.3 Å². The van der Waals surface area contributed by atoms with Gasteiger partial charge in [0.05, 0.1) is 41.1 Å². The van der Waals surface area contributed by atoms with E-state index in [1.807, 2.05) is 12.1 Å². The van der Waals surface area contributed by atoms with Gasteiger partial charge in [-0.05, 0) is 31.0 Å². The van der Waals surface area contributed by atoms with Crippen molar-refractivity contribution in [1.82, 2.24) is 15.0 Å². The molecule has 3 aromatic heterocycles. The Kier molecular flexibility index (Phi) is 4.67. The van der Waals surface area contributed by atoms with Crippen LogP contribution in [0.4, 0.5) is 26.4 Å². The van der Waals surface area contributed by atoms with Gasteiger partial charge in [0.2, 0.25) is 0 Å². The molecule has 2 bridgehead atoms. The molecule has 0 aliphatic carbocycles. The second kappa shape index (κ2) is 7.65. The number of anilines is 3. The normalized spacial score (nSPS) is 17.0. The summed E-state index contributed by atoms with van der Waals surface area (Å²) in [5.74, 6) is 0.0173. The maximum atomic E-state index is 13.5. The van der Waals surface area contributed by atoms with Crippen molar-refractivity contribution >= 4 is 23.2 Å². The standard InChI is InChI=1S/C22H18FN7O/c23-16-7-17(12-26-11-16)27-22(31)30-18-2-1-5-29(13-18)20-4-3-19(28-21(20)30)15-6-14(8-24)9-25-10-15/h3-4,6-7,9-12,18H,1-2,5,13H2,(H,27,31)/t18-/m0/s1. The number of nitrogens with one attached hydrogen (secondary N) is 1. The highest BCUT2D eigenvalue weighted by atomic mass is 19.1. The number of piperidine rings is 1. The molecule has 1 atom stereocenters. The van der Waals surface area contributed by atoms with Crippen molar-refractivity contribution in [1.29, 1.82) is 5.26 Å². The Hall–Kier alpha value is -4.06. The maximum Gasteiger partial charge on any atom is 0.327 e. The summed E-state index contributed by atoms with van der Waals surface area (Å²) in [7, 11) is 0. The van der Waals surface area contributed by atoms with Crippen LogP contribution in [0.5, 0.6) is 0 Å². The first kappa shape index (κ1) is 18.9. The van der Waals surface area contributed by atoms with Gasteiger partial charge in [0.25, 0.3) is 0 Å². The van der Waals surface area contributed by atoms with Crippen LogP contribution in [0.25, 0.3) is 11.3 Å². The molecule has 3 aromatic rings. The van der Waals surface area contributed by atoms with Crippen molar-refractivity contribution in [3.05, 3.63) is 60.4 Å². The van der Waals surface area contributed by atoms with Gasteiger partial charge in [0.15, 0.2) is 5.82 Å². The number of amides is 2. The highest BCUT2D eigenvalue weighted by Crippen LogP contribution is 2.39. The lowest BCUT2D eigenvalue weighted by molar-refractivity contribution is 0.252. The van der Waals surface area contributed by atoms with Gasteiger partial charge in [-0.2, -0.15) is 5.26 Å². The minimum Gasteiger partial charge on any atom is -0.366 e. The minimum atomic E-state index is -0.522. The zero-order valence-corrected chi connectivity index (χ0v) is 16.5. The summed E-state index contributed by atoms with van der Waals surface area (Å²) in [5.41, 5.74) is 2.91. The van der Waals surface area contributed by atoms with E-state index in [0.29, 0.717) is 29.2 Å². The molecule has 5 heterocycles. The zero-order chi connectivity index (χ0) is 21.4. The third kappa shape index (κ3) is 3.53. The molecule has 9 heteroatoms. The fourth-order valence-electron chi connectivity index (χ4n) is 4.15. The Morgan fingerprint density at radius 3 is 2.90 bits per heavy atom. The molecule has 2 aliphatic rings. The molecule has 154 valence electrons. The number of aromatic nitrogens is 3. The Morgan fingerprint density at radius 1 is 1.19 bits per heavy atom. The lowest BCUT2D eigenvalue weighted by Crippen LogP contribution is -2.56. The van der Waals surface area contributed by atoms with E-state index in [-0.39, 0.29) is 17.8 Å². The van der Waals surface area contributed by atoms with Crippen LogP contribution in [0.3, 0.4) is 0 Å². The van der Waals surface area contributed by atoms with Crippen molar-refractivity contribution in [2.75, 3.05) is 28.2 Å². The number of hydrogen-bond donors (Lipinski definition) is 1. The van der Waals surface area contributed by atoms with Crippen molar-refractivity contribution in [3.63, 3.8) is 0 Å². The summed E-state index contributed by atoms with van der Waals surface area (Å²) < 4.78 is 13.5. The summed E-state index contributed by atoms with van der Waals surface area (Å²) >= 11 is 0. The Balaban J connectivity index is 1.55. The summed E-state index contributed by atoms with van der Waals surface area (Å²) in [6, 6.07) is 8.42. The maximum absolute atomic E-state index is 13.5. The molecule has 31 heavy (non-hydrogen) atoms. The number of carbonyl (C=O) groups is 1. The number of fused-ring (bicyclic) bond motifs is 4. The van der Waals surface area contributed by atoms with Crippen LogP contribution in [0.1, 0.15) is 18.4 Å². The predicted octanol–water partition coefficient (Wildman–Crippen LogP) is 3.57. The Morgan fingerprint density at radius 2 is 2.06 bits per heavy atom. The smallest absolute Gasteiger partial charge is 0.327 e. The number of urea groups is 1. The average Bonchev–Trinajstić information content (AvgIpc) is 2.79. The summed E-state index contributed by atoms with van der Waals surface area (Å²) in [4.78, 5) is 29.8. The number of carbonyl (C=O) groups excluding carboxylic acids is 1. The van der Waals surface area contributed by atoms with Gasteiger partial charge in [-0.15, -0.1) is 0 Å². The van der Waals surface area contributed by atoms with E-state index in [1.54, 1.807) is 17.2 Å². The van der Waals surface area contributed by atoms with Gasteiger partial charge in [0.1, 0.15) is 11.9 Å². The van der Waals surface area contributed by atoms with E-state index in [1.165, 1.54) is 18.5 Å². The van der Waals surface area contributed by atoms with E-state index in [0.717, 1.165) is 31.3 Å². The van der Waals surface area contributed by atoms with Gasteiger partial charge in [-0.1, -0.05) is 0 Å². The topological polar surface area (TPSA) is 98.0 Å². The second-order valence-electron chi connectivity index (χ2n) is 7.55. The van der Waals surface area contributed by atoms with Crippen LogP contribution >= 0.6 is 0 Å². The number of pyridine rings is 3. The number of rotatable bonds is 2. The first-order valence-corrected chi connectivity index (χ1v) is 9.94. The number of halogens is 1. The molecule has 5 rings (SSSR count). The second-order valence-corrected chi connectivity index (χ2v) is 7.55. The third-order valence-corrected chi connectivity index (χ3v) is 5.52. The molecule has 2 aliphatic heterocycles. The van der Waals surface area contributed by atoms with Gasteiger partial charge >= 0.3 is 6.03 Å². The highest BCUT2D eigenvalue weighted by molar-refractivity contribution is 6.04. The van der Waals surface area contributed by atoms with Gasteiger partial charge < -0.3 is 10.2 Å². The quantitative estimate of drug-likeness (QED) is 0.687. The van der Waals surface area contributed by atoms with Crippen LogP contribution in [-0.2, 0) is 0 Å². The van der Waals surface area contributed by atoms with Gasteiger partial charge in [-0.3, -0.25) is 14.9 Å². The minimum absolute atomic E-state index is 0.0471. The molecule has 0 unspecified atom stereocenters. The number of nitrogens with zero attached hydrogens (tertiary/aromatic N) is 6. The fourth-order valence-corrected chi connectivity index (χ4v) is 4.15. The Bertz CT molecular complexity index is 1210. The molecule has 2 amide bonds. The molecule has 0 saturated carbocycles. The van der Waals surface area contributed by atoms with Crippen molar-refractivity contribution < 1.29 is 9.18 Å². The van der Waals surface area contributed by atoms with Crippen molar-refractivity contribution in [2.45, 2.75) is 18.9 Å². The molecule has 8 nitrogen and oxygen atoms in total.